The molecule has 0 amide bonds. The lowest BCUT2D eigenvalue weighted by Gasteiger charge is -2.36. The maximum absolute atomic E-state index is 11.4. The van der Waals surface area contributed by atoms with E-state index in [9.17, 15) is 4.79 Å². The van der Waals surface area contributed by atoms with Gasteiger partial charge in [-0.05, 0) is 31.5 Å². The highest BCUT2D eigenvalue weighted by Crippen LogP contribution is 2.12. The molecular formula is C15H22N2O2. The van der Waals surface area contributed by atoms with E-state index in [1.807, 2.05) is 24.3 Å². The van der Waals surface area contributed by atoms with Crippen molar-refractivity contribution in [2.24, 2.45) is 0 Å². The van der Waals surface area contributed by atoms with Crippen LogP contribution in [0.5, 0.6) is 0 Å². The van der Waals surface area contributed by atoms with E-state index in [0.29, 0.717) is 17.6 Å². The van der Waals surface area contributed by atoms with Crippen LogP contribution in [0.2, 0.25) is 0 Å². The van der Waals surface area contributed by atoms with Crippen LogP contribution in [0, 0.1) is 0 Å². The van der Waals surface area contributed by atoms with E-state index >= 15 is 0 Å². The Morgan fingerprint density at radius 3 is 2.37 bits per heavy atom. The third-order valence-electron chi connectivity index (χ3n) is 3.41. The van der Waals surface area contributed by atoms with E-state index < -0.39 is 0 Å². The van der Waals surface area contributed by atoms with Crippen LogP contribution in [0.3, 0.4) is 0 Å². The molecule has 0 aliphatic carbocycles. The van der Waals surface area contributed by atoms with Gasteiger partial charge in [0.1, 0.15) is 0 Å². The first kappa shape index (κ1) is 14.0. The number of carbonyl (C=O) groups is 1. The summed E-state index contributed by atoms with van der Waals surface area (Å²) in [6.07, 6.45) is 0. The monoisotopic (exact) mass is 262 g/mol. The molecule has 4 heteroatoms. The normalized spacial score (nSPS) is 24.2. The largest absolute Gasteiger partial charge is 0.465 e. The first-order valence-corrected chi connectivity index (χ1v) is 6.74. The van der Waals surface area contributed by atoms with Gasteiger partial charge in [0.25, 0.3) is 0 Å². The SMILES string of the molecule is COC(=O)c1ccc(CN2CC(C)NC(C)C2)cc1. The smallest absolute Gasteiger partial charge is 0.337 e. The second-order valence-electron chi connectivity index (χ2n) is 5.35. The molecule has 0 aromatic heterocycles. The van der Waals surface area contributed by atoms with Gasteiger partial charge in [-0.15, -0.1) is 0 Å². The Kier molecular flexibility index (Phi) is 4.56. The van der Waals surface area contributed by atoms with E-state index in [2.05, 4.69) is 24.1 Å². The van der Waals surface area contributed by atoms with Crippen LogP contribution >= 0.6 is 0 Å². The van der Waals surface area contributed by atoms with Crippen molar-refractivity contribution in [2.75, 3.05) is 20.2 Å². The minimum Gasteiger partial charge on any atom is -0.465 e. The summed E-state index contributed by atoms with van der Waals surface area (Å²) < 4.78 is 4.70. The molecule has 2 atom stereocenters. The number of carbonyl (C=O) groups excluding carboxylic acids is 1. The predicted octanol–water partition coefficient (Wildman–Crippen LogP) is 1.66. The second-order valence-corrected chi connectivity index (χ2v) is 5.35. The summed E-state index contributed by atoms with van der Waals surface area (Å²) in [5.41, 5.74) is 1.84. The second kappa shape index (κ2) is 6.17. The summed E-state index contributed by atoms with van der Waals surface area (Å²) in [5, 5.41) is 3.52. The number of piperazine rings is 1. The fraction of sp³-hybridized carbons (Fsp3) is 0.533. The molecule has 0 spiro atoms. The Bertz CT molecular complexity index is 420. The Hall–Kier alpha value is -1.39. The van der Waals surface area contributed by atoms with Gasteiger partial charge in [0.05, 0.1) is 12.7 Å². The standard InChI is InChI=1S/C15H22N2O2/c1-11-8-17(9-12(2)16-11)10-13-4-6-14(7-5-13)15(18)19-3/h4-7,11-12,16H,8-10H2,1-3H3. The molecule has 4 nitrogen and oxygen atoms in total. The zero-order chi connectivity index (χ0) is 13.8. The van der Waals surface area contributed by atoms with E-state index in [1.165, 1.54) is 12.7 Å². The molecule has 1 N–H and O–H groups in total. The molecule has 19 heavy (non-hydrogen) atoms. The summed E-state index contributed by atoms with van der Waals surface area (Å²) in [6.45, 7) is 7.47. The third kappa shape index (κ3) is 3.78. The third-order valence-corrected chi connectivity index (χ3v) is 3.41. The highest BCUT2D eigenvalue weighted by atomic mass is 16.5. The van der Waals surface area contributed by atoms with Crippen LogP contribution in [-0.2, 0) is 11.3 Å². The summed E-state index contributed by atoms with van der Waals surface area (Å²) in [6, 6.07) is 8.72. The van der Waals surface area contributed by atoms with Gasteiger partial charge in [0, 0.05) is 31.7 Å². The minimum absolute atomic E-state index is 0.282. The van der Waals surface area contributed by atoms with Crippen molar-refractivity contribution < 1.29 is 9.53 Å². The molecule has 2 unspecified atom stereocenters. The maximum atomic E-state index is 11.4. The van der Waals surface area contributed by atoms with E-state index in [0.717, 1.165) is 19.6 Å². The molecule has 104 valence electrons. The average Bonchev–Trinajstić information content (AvgIpc) is 2.37. The Labute approximate surface area is 114 Å². The van der Waals surface area contributed by atoms with Crippen LogP contribution in [0.1, 0.15) is 29.8 Å². The maximum Gasteiger partial charge on any atom is 0.337 e. The topological polar surface area (TPSA) is 41.6 Å². The minimum atomic E-state index is -0.282. The fourth-order valence-electron chi connectivity index (χ4n) is 2.69. The molecule has 0 radical (unpaired) electrons. The van der Waals surface area contributed by atoms with Crippen molar-refractivity contribution in [3.63, 3.8) is 0 Å². The molecular weight excluding hydrogens is 240 g/mol. The van der Waals surface area contributed by atoms with Gasteiger partial charge in [0.15, 0.2) is 0 Å². The average molecular weight is 262 g/mol. The van der Waals surface area contributed by atoms with Crippen molar-refractivity contribution >= 4 is 5.97 Å². The number of esters is 1. The van der Waals surface area contributed by atoms with Gasteiger partial charge in [0.2, 0.25) is 0 Å². The Morgan fingerprint density at radius 2 is 1.84 bits per heavy atom. The van der Waals surface area contributed by atoms with Crippen molar-refractivity contribution in [3.8, 4) is 0 Å². The molecule has 1 aliphatic rings. The van der Waals surface area contributed by atoms with Crippen LogP contribution < -0.4 is 5.32 Å². The van der Waals surface area contributed by atoms with Gasteiger partial charge in [-0.1, -0.05) is 12.1 Å². The molecule has 1 aromatic rings. The van der Waals surface area contributed by atoms with E-state index in [-0.39, 0.29) is 5.97 Å². The Balaban J connectivity index is 1.97. The first-order valence-electron chi connectivity index (χ1n) is 6.74. The zero-order valence-corrected chi connectivity index (χ0v) is 11.8. The van der Waals surface area contributed by atoms with Gasteiger partial charge >= 0.3 is 5.97 Å². The van der Waals surface area contributed by atoms with Crippen LogP contribution in [0.15, 0.2) is 24.3 Å². The number of benzene rings is 1. The predicted molar refractivity (Wildman–Crippen MR) is 75.1 cm³/mol. The lowest BCUT2D eigenvalue weighted by Crippen LogP contribution is -2.53. The Morgan fingerprint density at radius 1 is 1.26 bits per heavy atom. The van der Waals surface area contributed by atoms with Gasteiger partial charge < -0.3 is 10.1 Å². The van der Waals surface area contributed by atoms with Crippen LogP contribution in [-0.4, -0.2) is 43.2 Å². The molecule has 2 rings (SSSR count). The van der Waals surface area contributed by atoms with Crippen LogP contribution in [0.25, 0.3) is 0 Å². The van der Waals surface area contributed by atoms with Crippen molar-refractivity contribution in [1.82, 2.24) is 10.2 Å². The number of nitrogens with one attached hydrogen (secondary N) is 1. The number of ether oxygens (including phenoxy) is 1. The molecule has 1 saturated heterocycles. The van der Waals surface area contributed by atoms with Crippen molar-refractivity contribution in [3.05, 3.63) is 35.4 Å². The van der Waals surface area contributed by atoms with Gasteiger partial charge in [-0.2, -0.15) is 0 Å². The zero-order valence-electron chi connectivity index (χ0n) is 11.8. The molecule has 0 bridgehead atoms. The first-order chi connectivity index (χ1) is 9.08. The molecule has 1 aromatic carbocycles. The summed E-state index contributed by atoms with van der Waals surface area (Å²) >= 11 is 0. The van der Waals surface area contributed by atoms with Gasteiger partial charge in [-0.25, -0.2) is 4.79 Å². The van der Waals surface area contributed by atoms with Gasteiger partial charge in [-0.3, -0.25) is 4.90 Å². The van der Waals surface area contributed by atoms with E-state index in [4.69, 9.17) is 4.74 Å². The molecule has 1 fully saturated rings. The molecule has 0 saturated carbocycles. The summed E-state index contributed by atoms with van der Waals surface area (Å²) in [7, 11) is 1.40. The fourth-order valence-corrected chi connectivity index (χ4v) is 2.69. The number of methoxy groups -OCH3 is 1. The lowest BCUT2D eigenvalue weighted by molar-refractivity contribution is 0.0600. The summed E-state index contributed by atoms with van der Waals surface area (Å²) in [5.74, 6) is -0.282. The molecule has 1 heterocycles. The quantitative estimate of drug-likeness (QED) is 0.841. The van der Waals surface area contributed by atoms with Crippen molar-refractivity contribution in [2.45, 2.75) is 32.5 Å². The number of hydrogen-bond donors (Lipinski definition) is 1. The van der Waals surface area contributed by atoms with Crippen molar-refractivity contribution in [1.29, 1.82) is 0 Å². The van der Waals surface area contributed by atoms with Crippen LogP contribution in [0.4, 0.5) is 0 Å². The number of nitrogens with zero attached hydrogens (tertiary/aromatic N) is 1. The lowest BCUT2D eigenvalue weighted by atomic mass is 10.1. The highest BCUT2D eigenvalue weighted by Gasteiger charge is 2.20. The highest BCUT2D eigenvalue weighted by molar-refractivity contribution is 5.89. The number of rotatable bonds is 3. The summed E-state index contributed by atoms with van der Waals surface area (Å²) in [4.78, 5) is 13.8. The molecule has 1 aliphatic heterocycles. The number of hydrogen-bond acceptors (Lipinski definition) is 4. The van der Waals surface area contributed by atoms with E-state index in [1.54, 1.807) is 0 Å².